The summed E-state index contributed by atoms with van der Waals surface area (Å²) in [5.41, 5.74) is 7.28. The molecule has 1 atom stereocenters. The van der Waals surface area contributed by atoms with Crippen molar-refractivity contribution in [1.82, 2.24) is 9.88 Å². The third-order valence-electron chi connectivity index (χ3n) is 3.49. The number of aryl methyl sites for hydroxylation is 1. The molecule has 4 heteroatoms. The molecular weight excluding hydrogens is 202 g/mol. The molecule has 3 N–H and O–H groups in total. The van der Waals surface area contributed by atoms with E-state index in [1.54, 1.807) is 16.8 Å². The third kappa shape index (κ3) is 2.05. The monoisotopic (exact) mass is 221 g/mol. The number of nitrogens with two attached hydrogens (primary N) is 1. The minimum absolute atomic E-state index is 0.0399. The lowest BCUT2D eigenvalue weighted by molar-refractivity contribution is 0.0942. The normalized spacial score (nSPS) is 21.8. The van der Waals surface area contributed by atoms with Crippen LogP contribution in [0.1, 0.15) is 30.8 Å². The first-order valence-electron chi connectivity index (χ1n) is 5.60. The molecule has 1 amide bonds. The van der Waals surface area contributed by atoms with E-state index in [0.717, 1.165) is 6.54 Å². The molecule has 1 saturated carbocycles. The number of hydrogen-bond donors (Lipinski definition) is 2. The molecule has 1 aromatic rings. The Labute approximate surface area is 95.8 Å². The Hall–Kier alpha value is -1.45. The van der Waals surface area contributed by atoms with Crippen LogP contribution in [-0.4, -0.2) is 17.0 Å². The quantitative estimate of drug-likeness (QED) is 0.810. The second-order valence-electron chi connectivity index (χ2n) is 5.37. The lowest BCUT2D eigenvalue weighted by Crippen LogP contribution is -2.28. The first-order chi connectivity index (χ1) is 7.40. The van der Waals surface area contributed by atoms with Crippen molar-refractivity contribution in [3.8, 4) is 0 Å². The molecule has 0 aromatic carbocycles. The highest BCUT2D eigenvalue weighted by Crippen LogP contribution is 2.50. The summed E-state index contributed by atoms with van der Waals surface area (Å²) in [5, 5.41) is 2.96. The van der Waals surface area contributed by atoms with Crippen molar-refractivity contribution < 1.29 is 4.79 Å². The molecule has 88 valence electrons. The number of rotatable bonds is 3. The first kappa shape index (κ1) is 11.0. The van der Waals surface area contributed by atoms with Gasteiger partial charge in [-0.2, -0.15) is 0 Å². The van der Waals surface area contributed by atoms with Gasteiger partial charge in [0.05, 0.1) is 5.69 Å². The van der Waals surface area contributed by atoms with Crippen LogP contribution in [0.4, 0.5) is 5.69 Å². The van der Waals surface area contributed by atoms with Crippen molar-refractivity contribution in [2.24, 2.45) is 18.4 Å². The largest absolute Gasteiger partial charge is 0.397 e. The highest BCUT2D eigenvalue weighted by Gasteiger charge is 2.45. The summed E-state index contributed by atoms with van der Waals surface area (Å²) in [6.45, 7) is 5.21. The van der Waals surface area contributed by atoms with Gasteiger partial charge in [0, 0.05) is 19.8 Å². The van der Waals surface area contributed by atoms with E-state index in [4.69, 9.17) is 5.73 Å². The average molecular weight is 221 g/mol. The molecule has 1 heterocycles. The highest BCUT2D eigenvalue weighted by atomic mass is 16.1. The van der Waals surface area contributed by atoms with E-state index in [9.17, 15) is 4.79 Å². The molecule has 0 saturated heterocycles. The molecular formula is C12H19N3O. The Morgan fingerprint density at radius 3 is 2.75 bits per heavy atom. The van der Waals surface area contributed by atoms with Crippen molar-refractivity contribution in [3.05, 3.63) is 18.0 Å². The molecule has 1 aliphatic carbocycles. The van der Waals surface area contributed by atoms with Crippen molar-refractivity contribution in [1.29, 1.82) is 0 Å². The summed E-state index contributed by atoms with van der Waals surface area (Å²) in [7, 11) is 1.83. The second-order valence-corrected chi connectivity index (χ2v) is 5.37. The number of hydrogen-bond acceptors (Lipinski definition) is 2. The van der Waals surface area contributed by atoms with Gasteiger partial charge in [-0.25, -0.2) is 0 Å². The van der Waals surface area contributed by atoms with Gasteiger partial charge in [-0.3, -0.25) is 4.79 Å². The molecule has 0 aliphatic heterocycles. The Bertz CT molecular complexity index is 420. The Balaban J connectivity index is 1.91. The molecule has 1 aliphatic rings. The second kappa shape index (κ2) is 3.54. The van der Waals surface area contributed by atoms with Crippen LogP contribution in [0.25, 0.3) is 0 Å². The fraction of sp³-hybridized carbons (Fsp3) is 0.583. The van der Waals surface area contributed by atoms with E-state index in [2.05, 4.69) is 19.2 Å². The molecule has 0 radical (unpaired) electrons. The van der Waals surface area contributed by atoms with Crippen molar-refractivity contribution in [2.45, 2.75) is 20.3 Å². The lowest BCUT2D eigenvalue weighted by Gasteiger charge is -2.06. The molecule has 1 aromatic heterocycles. The summed E-state index contributed by atoms with van der Waals surface area (Å²) >= 11 is 0. The summed E-state index contributed by atoms with van der Waals surface area (Å²) in [5.74, 6) is 0.580. The minimum Gasteiger partial charge on any atom is -0.397 e. The average Bonchev–Trinajstić information content (AvgIpc) is 2.63. The fourth-order valence-corrected chi connectivity index (χ4v) is 2.05. The molecule has 0 spiro atoms. The van der Waals surface area contributed by atoms with Crippen LogP contribution in [-0.2, 0) is 7.05 Å². The number of carbonyl (C=O) groups is 1. The molecule has 1 fully saturated rings. The van der Waals surface area contributed by atoms with E-state index in [1.807, 2.05) is 7.05 Å². The highest BCUT2D eigenvalue weighted by molar-refractivity contribution is 5.93. The smallest absolute Gasteiger partial charge is 0.267 e. The van der Waals surface area contributed by atoms with Gasteiger partial charge in [0.2, 0.25) is 0 Å². The molecule has 16 heavy (non-hydrogen) atoms. The topological polar surface area (TPSA) is 60.0 Å². The summed E-state index contributed by atoms with van der Waals surface area (Å²) in [4.78, 5) is 11.8. The molecule has 4 nitrogen and oxygen atoms in total. The predicted octanol–water partition coefficient (Wildman–Crippen LogP) is 1.38. The third-order valence-corrected chi connectivity index (χ3v) is 3.49. The van der Waals surface area contributed by atoms with Crippen LogP contribution in [0.5, 0.6) is 0 Å². The van der Waals surface area contributed by atoms with E-state index >= 15 is 0 Å². The van der Waals surface area contributed by atoms with Gasteiger partial charge in [0.1, 0.15) is 5.69 Å². The Morgan fingerprint density at radius 1 is 1.69 bits per heavy atom. The van der Waals surface area contributed by atoms with E-state index < -0.39 is 0 Å². The summed E-state index contributed by atoms with van der Waals surface area (Å²) in [6.07, 6.45) is 2.94. The number of anilines is 1. The van der Waals surface area contributed by atoms with Crippen LogP contribution in [0.3, 0.4) is 0 Å². The Kier molecular flexibility index (Phi) is 2.45. The molecule has 2 rings (SSSR count). The van der Waals surface area contributed by atoms with Crippen LogP contribution in [0, 0.1) is 11.3 Å². The van der Waals surface area contributed by atoms with Crippen LogP contribution >= 0.6 is 0 Å². The number of carbonyl (C=O) groups excluding carboxylic acids is 1. The Morgan fingerprint density at radius 2 is 2.31 bits per heavy atom. The zero-order valence-corrected chi connectivity index (χ0v) is 10.1. The van der Waals surface area contributed by atoms with Crippen molar-refractivity contribution in [2.75, 3.05) is 12.3 Å². The molecule has 1 unspecified atom stereocenters. The maximum absolute atomic E-state index is 11.8. The van der Waals surface area contributed by atoms with Gasteiger partial charge in [-0.05, 0) is 23.8 Å². The van der Waals surface area contributed by atoms with Crippen molar-refractivity contribution >= 4 is 11.6 Å². The van der Waals surface area contributed by atoms with Gasteiger partial charge in [-0.1, -0.05) is 13.8 Å². The maximum atomic E-state index is 11.8. The number of nitrogens with zero attached hydrogens (tertiary/aromatic N) is 1. The van der Waals surface area contributed by atoms with Crippen LogP contribution in [0.2, 0.25) is 0 Å². The van der Waals surface area contributed by atoms with Crippen LogP contribution in [0.15, 0.2) is 12.3 Å². The molecule has 0 bridgehead atoms. The summed E-state index contributed by atoms with van der Waals surface area (Å²) < 4.78 is 1.75. The van der Waals surface area contributed by atoms with Crippen LogP contribution < -0.4 is 11.1 Å². The number of nitrogens with one attached hydrogen (secondary N) is 1. The van der Waals surface area contributed by atoms with E-state index in [1.165, 1.54) is 6.42 Å². The number of aromatic nitrogens is 1. The zero-order valence-electron chi connectivity index (χ0n) is 10.1. The number of nitrogen functional groups attached to an aromatic ring is 1. The predicted molar refractivity (Wildman–Crippen MR) is 64.0 cm³/mol. The van der Waals surface area contributed by atoms with Gasteiger partial charge < -0.3 is 15.6 Å². The SMILES string of the molecule is Cn1cc(N)cc1C(=O)NCC1CC1(C)C. The maximum Gasteiger partial charge on any atom is 0.267 e. The zero-order chi connectivity index (χ0) is 11.9. The summed E-state index contributed by atoms with van der Waals surface area (Å²) in [6, 6.07) is 1.70. The number of amides is 1. The van der Waals surface area contributed by atoms with Gasteiger partial charge in [0.15, 0.2) is 0 Å². The van der Waals surface area contributed by atoms with Gasteiger partial charge in [0.25, 0.3) is 5.91 Å². The van der Waals surface area contributed by atoms with Gasteiger partial charge >= 0.3 is 0 Å². The van der Waals surface area contributed by atoms with Gasteiger partial charge in [-0.15, -0.1) is 0 Å². The lowest BCUT2D eigenvalue weighted by atomic mass is 10.1. The fourth-order valence-electron chi connectivity index (χ4n) is 2.05. The minimum atomic E-state index is -0.0399. The van der Waals surface area contributed by atoms with Crippen molar-refractivity contribution in [3.63, 3.8) is 0 Å². The first-order valence-corrected chi connectivity index (χ1v) is 5.60. The van der Waals surface area contributed by atoms with E-state index in [-0.39, 0.29) is 5.91 Å². The standard InChI is InChI=1S/C12H19N3O/c1-12(2)5-8(12)6-14-11(16)10-4-9(13)7-15(10)3/h4,7-8H,5-6,13H2,1-3H3,(H,14,16). The van der Waals surface area contributed by atoms with E-state index in [0.29, 0.717) is 22.7 Å².